The van der Waals surface area contributed by atoms with E-state index in [1.165, 1.54) is 4.31 Å². The molecular weight excluding hydrogens is 328 g/mol. The van der Waals surface area contributed by atoms with Gasteiger partial charge in [0.2, 0.25) is 10.0 Å². The number of piperidine rings is 1. The standard InChI is InChI=1S/C14H20N2O4S.ClH/c1-16(11-4-6-15-7-5-11)21(17,18)12-2-3-13-14(10-12)20-9-8-19-13;/h2-3,10-11,15H,4-9H2,1H3;1H. The van der Waals surface area contributed by atoms with E-state index in [2.05, 4.69) is 5.32 Å². The molecule has 1 aromatic carbocycles. The van der Waals surface area contributed by atoms with Crippen LogP contribution in [0.3, 0.4) is 0 Å². The number of rotatable bonds is 3. The largest absolute Gasteiger partial charge is 0.486 e. The van der Waals surface area contributed by atoms with Gasteiger partial charge in [-0.05, 0) is 38.1 Å². The zero-order chi connectivity index (χ0) is 14.9. The van der Waals surface area contributed by atoms with Crippen molar-refractivity contribution in [1.29, 1.82) is 0 Å². The van der Waals surface area contributed by atoms with Gasteiger partial charge >= 0.3 is 0 Å². The molecular formula is C14H21ClN2O4S. The average molecular weight is 349 g/mol. The molecule has 3 rings (SSSR count). The molecule has 1 saturated heterocycles. The first-order valence-corrected chi connectivity index (χ1v) is 8.61. The van der Waals surface area contributed by atoms with Crippen molar-refractivity contribution in [3.63, 3.8) is 0 Å². The zero-order valence-electron chi connectivity index (χ0n) is 12.4. The van der Waals surface area contributed by atoms with Crippen LogP contribution in [0.2, 0.25) is 0 Å². The molecule has 0 aromatic heterocycles. The predicted octanol–water partition coefficient (Wildman–Crippen LogP) is 1.25. The average Bonchev–Trinajstić information content (AvgIpc) is 2.54. The zero-order valence-corrected chi connectivity index (χ0v) is 14.1. The Kier molecular flexibility index (Phi) is 5.55. The molecule has 124 valence electrons. The number of nitrogens with zero attached hydrogens (tertiary/aromatic N) is 1. The van der Waals surface area contributed by atoms with Crippen molar-refractivity contribution in [3.05, 3.63) is 18.2 Å². The van der Waals surface area contributed by atoms with E-state index in [-0.39, 0.29) is 23.3 Å². The third-order valence-corrected chi connectivity index (χ3v) is 5.92. The van der Waals surface area contributed by atoms with Crippen LogP contribution in [0.4, 0.5) is 0 Å². The van der Waals surface area contributed by atoms with Crippen molar-refractivity contribution in [2.45, 2.75) is 23.8 Å². The Balaban J connectivity index is 0.00000176. The maximum Gasteiger partial charge on any atom is 0.243 e. The third kappa shape index (κ3) is 3.32. The van der Waals surface area contributed by atoms with Gasteiger partial charge in [-0.25, -0.2) is 8.42 Å². The van der Waals surface area contributed by atoms with E-state index in [1.807, 2.05) is 0 Å². The summed E-state index contributed by atoms with van der Waals surface area (Å²) in [6.45, 7) is 2.64. The van der Waals surface area contributed by atoms with E-state index in [1.54, 1.807) is 25.2 Å². The first kappa shape index (κ1) is 17.3. The number of benzene rings is 1. The van der Waals surface area contributed by atoms with Crippen LogP contribution < -0.4 is 14.8 Å². The Bertz CT molecular complexity index is 617. The number of sulfonamides is 1. The molecule has 0 amide bonds. The lowest BCUT2D eigenvalue weighted by Gasteiger charge is -2.31. The summed E-state index contributed by atoms with van der Waals surface area (Å²) in [5.74, 6) is 1.10. The summed E-state index contributed by atoms with van der Waals surface area (Å²) in [5.41, 5.74) is 0. The van der Waals surface area contributed by atoms with Crippen LogP contribution in [0.15, 0.2) is 23.1 Å². The first-order valence-electron chi connectivity index (χ1n) is 7.17. The van der Waals surface area contributed by atoms with E-state index in [9.17, 15) is 8.42 Å². The molecule has 2 heterocycles. The summed E-state index contributed by atoms with van der Waals surface area (Å²) < 4.78 is 37.8. The molecule has 0 bridgehead atoms. The summed E-state index contributed by atoms with van der Waals surface area (Å²) in [7, 11) is -1.85. The lowest BCUT2D eigenvalue weighted by Crippen LogP contribution is -2.43. The van der Waals surface area contributed by atoms with Crippen molar-refractivity contribution < 1.29 is 17.9 Å². The highest BCUT2D eigenvalue weighted by atomic mass is 35.5. The molecule has 0 saturated carbocycles. The molecule has 2 aliphatic heterocycles. The van der Waals surface area contributed by atoms with Gasteiger partial charge in [-0.3, -0.25) is 0 Å². The second kappa shape index (κ2) is 7.04. The maximum absolute atomic E-state index is 12.7. The van der Waals surface area contributed by atoms with Gasteiger partial charge in [0.25, 0.3) is 0 Å². The molecule has 2 aliphatic rings. The van der Waals surface area contributed by atoms with Crippen LogP contribution in [0.25, 0.3) is 0 Å². The Morgan fingerprint density at radius 2 is 1.77 bits per heavy atom. The highest BCUT2D eigenvalue weighted by Crippen LogP contribution is 2.33. The molecule has 1 aromatic rings. The Morgan fingerprint density at radius 1 is 1.14 bits per heavy atom. The summed E-state index contributed by atoms with van der Waals surface area (Å²) in [5, 5.41) is 3.24. The number of nitrogens with one attached hydrogen (secondary N) is 1. The van der Waals surface area contributed by atoms with Gasteiger partial charge in [0.05, 0.1) is 4.90 Å². The van der Waals surface area contributed by atoms with Gasteiger partial charge < -0.3 is 14.8 Å². The monoisotopic (exact) mass is 348 g/mol. The topological polar surface area (TPSA) is 67.9 Å². The Hall–Kier alpha value is -1.02. The molecule has 6 nitrogen and oxygen atoms in total. The highest BCUT2D eigenvalue weighted by Gasteiger charge is 2.30. The van der Waals surface area contributed by atoms with E-state index < -0.39 is 10.0 Å². The number of ether oxygens (including phenoxy) is 2. The normalized spacial score (nSPS) is 18.8. The number of fused-ring (bicyclic) bond motifs is 1. The van der Waals surface area contributed by atoms with E-state index in [4.69, 9.17) is 9.47 Å². The number of hydrogen-bond acceptors (Lipinski definition) is 5. The summed E-state index contributed by atoms with van der Waals surface area (Å²) in [6, 6.07) is 4.85. The minimum Gasteiger partial charge on any atom is -0.486 e. The summed E-state index contributed by atoms with van der Waals surface area (Å²) >= 11 is 0. The van der Waals surface area contributed by atoms with E-state index in [0.717, 1.165) is 25.9 Å². The summed E-state index contributed by atoms with van der Waals surface area (Å²) in [6.07, 6.45) is 1.67. The van der Waals surface area contributed by atoms with Gasteiger partial charge in [-0.1, -0.05) is 0 Å². The fourth-order valence-electron chi connectivity index (χ4n) is 2.72. The van der Waals surface area contributed by atoms with Crippen LogP contribution in [-0.2, 0) is 10.0 Å². The SMILES string of the molecule is CN(C1CCNCC1)S(=O)(=O)c1ccc2c(c1)OCCO2.Cl. The molecule has 0 unspecified atom stereocenters. The second-order valence-corrected chi connectivity index (χ2v) is 7.31. The van der Waals surface area contributed by atoms with Crippen molar-refractivity contribution in [2.24, 2.45) is 0 Å². The number of hydrogen-bond donors (Lipinski definition) is 1. The van der Waals surface area contributed by atoms with Gasteiger partial charge in [0.1, 0.15) is 13.2 Å². The van der Waals surface area contributed by atoms with Gasteiger partial charge in [-0.2, -0.15) is 4.31 Å². The van der Waals surface area contributed by atoms with Crippen LogP contribution in [0.1, 0.15) is 12.8 Å². The molecule has 1 N–H and O–H groups in total. The van der Waals surface area contributed by atoms with Crippen LogP contribution in [0.5, 0.6) is 11.5 Å². The molecule has 0 radical (unpaired) electrons. The van der Waals surface area contributed by atoms with Crippen molar-refractivity contribution in [3.8, 4) is 11.5 Å². The molecule has 1 fully saturated rings. The van der Waals surface area contributed by atoms with Crippen molar-refractivity contribution in [2.75, 3.05) is 33.4 Å². The van der Waals surface area contributed by atoms with Gasteiger partial charge in [0, 0.05) is 19.2 Å². The summed E-state index contributed by atoms with van der Waals surface area (Å²) in [4.78, 5) is 0.257. The second-order valence-electron chi connectivity index (χ2n) is 5.31. The smallest absolute Gasteiger partial charge is 0.243 e. The first-order chi connectivity index (χ1) is 10.1. The lowest BCUT2D eigenvalue weighted by atomic mass is 10.1. The highest BCUT2D eigenvalue weighted by molar-refractivity contribution is 7.89. The third-order valence-electron chi connectivity index (χ3n) is 4.01. The molecule has 0 atom stereocenters. The lowest BCUT2D eigenvalue weighted by molar-refractivity contribution is 0.171. The quantitative estimate of drug-likeness (QED) is 0.890. The van der Waals surface area contributed by atoms with Crippen LogP contribution in [0, 0.1) is 0 Å². The fraction of sp³-hybridized carbons (Fsp3) is 0.571. The Morgan fingerprint density at radius 3 is 2.45 bits per heavy atom. The molecule has 0 aliphatic carbocycles. The predicted molar refractivity (Wildman–Crippen MR) is 85.5 cm³/mol. The fourth-order valence-corrected chi connectivity index (χ4v) is 4.15. The van der Waals surface area contributed by atoms with Crippen LogP contribution in [-0.4, -0.2) is 52.1 Å². The molecule has 22 heavy (non-hydrogen) atoms. The molecule has 0 spiro atoms. The van der Waals surface area contributed by atoms with Crippen LogP contribution >= 0.6 is 12.4 Å². The maximum atomic E-state index is 12.7. The van der Waals surface area contributed by atoms with E-state index in [0.29, 0.717) is 24.7 Å². The Labute approximate surface area is 137 Å². The number of halogens is 1. The van der Waals surface area contributed by atoms with Gasteiger partial charge in [-0.15, -0.1) is 12.4 Å². The molecule has 8 heteroatoms. The van der Waals surface area contributed by atoms with Crippen molar-refractivity contribution >= 4 is 22.4 Å². The van der Waals surface area contributed by atoms with Gasteiger partial charge in [0.15, 0.2) is 11.5 Å². The minimum absolute atomic E-state index is 0. The van der Waals surface area contributed by atoms with E-state index >= 15 is 0 Å². The van der Waals surface area contributed by atoms with Crippen molar-refractivity contribution in [1.82, 2.24) is 9.62 Å². The minimum atomic E-state index is -3.50.